The van der Waals surface area contributed by atoms with Gasteiger partial charge in [-0.1, -0.05) is 48.0 Å². The summed E-state index contributed by atoms with van der Waals surface area (Å²) in [4.78, 5) is 10.3. The highest BCUT2D eigenvalue weighted by Gasteiger charge is 2.27. The highest BCUT2D eigenvalue weighted by atomic mass is 35.5. The van der Waals surface area contributed by atoms with Crippen LogP contribution in [-0.4, -0.2) is 11.9 Å². The van der Waals surface area contributed by atoms with Gasteiger partial charge in [0, 0.05) is 10.7 Å². The maximum atomic E-state index is 6.07. The van der Waals surface area contributed by atoms with Gasteiger partial charge in [-0.15, -0.1) is 0 Å². The summed E-state index contributed by atoms with van der Waals surface area (Å²) >= 11 is 6.07. The topological polar surface area (TPSA) is 80.0 Å². The Morgan fingerprint density at radius 2 is 1.76 bits per heavy atom. The van der Waals surface area contributed by atoms with Crippen LogP contribution in [0.4, 0.5) is 5.69 Å². The van der Waals surface area contributed by atoms with Gasteiger partial charge in [0.2, 0.25) is 11.9 Å². The molecule has 0 spiro atoms. The first-order chi connectivity index (χ1) is 10.1. The van der Waals surface area contributed by atoms with E-state index in [9.17, 15) is 0 Å². The minimum absolute atomic E-state index is 0.166. The number of anilines is 1. The zero-order valence-electron chi connectivity index (χ0n) is 11.1. The number of hydrogen-bond acceptors (Lipinski definition) is 5. The predicted octanol–water partition coefficient (Wildman–Crippen LogP) is 2.49. The molecular formula is C15H14ClN5. The van der Waals surface area contributed by atoms with Crippen LogP contribution >= 0.6 is 11.6 Å². The Morgan fingerprint density at radius 3 is 2.48 bits per heavy atom. The van der Waals surface area contributed by atoms with Gasteiger partial charge >= 0.3 is 0 Å². The van der Waals surface area contributed by atoms with Crippen LogP contribution in [0, 0.1) is 0 Å². The number of guanidine groups is 2. The second-order valence-corrected chi connectivity index (χ2v) is 5.03. The summed E-state index contributed by atoms with van der Waals surface area (Å²) in [6, 6.07) is 17.2. The number of hydrogen-bond donors (Lipinski definition) is 2. The molecule has 0 bridgehead atoms. The third kappa shape index (κ3) is 2.68. The fourth-order valence-electron chi connectivity index (χ4n) is 2.26. The Kier molecular flexibility index (Phi) is 3.50. The van der Waals surface area contributed by atoms with Crippen LogP contribution < -0.4 is 16.4 Å². The summed E-state index contributed by atoms with van der Waals surface area (Å²) in [5.41, 5.74) is 13.6. The smallest absolute Gasteiger partial charge is 0.221 e. The number of halogens is 1. The fourth-order valence-corrected chi connectivity index (χ4v) is 2.44. The van der Waals surface area contributed by atoms with Crippen LogP contribution in [0.15, 0.2) is 64.6 Å². The van der Waals surface area contributed by atoms with Crippen molar-refractivity contribution in [3.05, 3.63) is 65.2 Å². The number of benzene rings is 2. The molecule has 2 aromatic carbocycles. The van der Waals surface area contributed by atoms with Crippen molar-refractivity contribution >= 4 is 29.2 Å². The predicted molar refractivity (Wildman–Crippen MR) is 86.4 cm³/mol. The van der Waals surface area contributed by atoms with Gasteiger partial charge in [0.25, 0.3) is 0 Å². The van der Waals surface area contributed by atoms with Crippen LogP contribution in [0.2, 0.25) is 5.02 Å². The molecule has 1 atom stereocenters. The summed E-state index contributed by atoms with van der Waals surface area (Å²) in [5.74, 6) is 0.457. The van der Waals surface area contributed by atoms with Gasteiger partial charge < -0.3 is 11.5 Å². The van der Waals surface area contributed by atoms with E-state index in [1.165, 1.54) is 0 Å². The third-order valence-electron chi connectivity index (χ3n) is 3.16. The second-order valence-electron chi connectivity index (χ2n) is 4.59. The van der Waals surface area contributed by atoms with Gasteiger partial charge in [0.1, 0.15) is 0 Å². The number of nitrogens with two attached hydrogens (primary N) is 2. The first kappa shape index (κ1) is 13.5. The number of nitrogens with zero attached hydrogens (tertiary/aromatic N) is 3. The molecule has 1 aliphatic rings. The molecule has 0 unspecified atom stereocenters. The first-order valence-corrected chi connectivity index (χ1v) is 6.80. The summed E-state index contributed by atoms with van der Waals surface area (Å²) in [6.45, 7) is 0. The van der Waals surface area contributed by atoms with Gasteiger partial charge in [-0.25, -0.2) is 4.99 Å². The van der Waals surface area contributed by atoms with Gasteiger partial charge in [0.15, 0.2) is 6.17 Å². The van der Waals surface area contributed by atoms with Crippen molar-refractivity contribution in [3.63, 3.8) is 0 Å². The SMILES string of the molecule is NC1=N[C@H](c2ccccc2)N(c2cccc(Cl)c2)C(N)=N1. The molecule has 5 nitrogen and oxygen atoms in total. The summed E-state index contributed by atoms with van der Waals surface area (Å²) in [7, 11) is 0. The van der Waals surface area contributed by atoms with Crippen LogP contribution in [0.5, 0.6) is 0 Å². The van der Waals surface area contributed by atoms with E-state index in [0.29, 0.717) is 11.0 Å². The molecule has 0 radical (unpaired) electrons. The van der Waals surface area contributed by atoms with E-state index in [1.54, 1.807) is 11.0 Å². The van der Waals surface area contributed by atoms with Crippen molar-refractivity contribution in [2.75, 3.05) is 4.90 Å². The van der Waals surface area contributed by atoms with E-state index in [4.69, 9.17) is 23.1 Å². The molecular weight excluding hydrogens is 286 g/mol. The Balaban J connectivity index is 2.09. The second kappa shape index (κ2) is 5.46. The minimum atomic E-state index is -0.359. The zero-order chi connectivity index (χ0) is 14.8. The molecule has 0 aliphatic carbocycles. The maximum Gasteiger partial charge on any atom is 0.221 e. The van der Waals surface area contributed by atoms with Gasteiger partial charge in [-0.2, -0.15) is 4.99 Å². The third-order valence-corrected chi connectivity index (χ3v) is 3.39. The molecule has 1 aliphatic heterocycles. The molecule has 0 saturated heterocycles. The van der Waals surface area contributed by atoms with E-state index in [2.05, 4.69) is 9.98 Å². The number of rotatable bonds is 2. The molecule has 4 N–H and O–H groups in total. The molecule has 3 rings (SSSR count). The highest BCUT2D eigenvalue weighted by molar-refractivity contribution is 6.31. The van der Waals surface area contributed by atoms with Gasteiger partial charge in [0.05, 0.1) is 0 Å². The van der Waals surface area contributed by atoms with Crippen LogP contribution in [0.1, 0.15) is 11.7 Å². The van der Waals surface area contributed by atoms with Gasteiger partial charge in [-0.05, 0) is 23.8 Å². The van der Waals surface area contributed by atoms with E-state index < -0.39 is 0 Å². The molecule has 0 saturated carbocycles. The quantitative estimate of drug-likeness (QED) is 0.894. The van der Waals surface area contributed by atoms with Crippen molar-refractivity contribution in [2.24, 2.45) is 21.5 Å². The Labute approximate surface area is 127 Å². The van der Waals surface area contributed by atoms with E-state index >= 15 is 0 Å². The average Bonchev–Trinajstić information content (AvgIpc) is 2.47. The standard InChI is InChI=1S/C15H14ClN5/c16-11-7-4-8-12(9-11)21-13(10-5-2-1-3-6-10)19-14(17)20-15(21)18/h1-9,13H,(H4,17,18,19,20)/t13-/m0/s1. The lowest BCUT2D eigenvalue weighted by atomic mass is 10.1. The van der Waals surface area contributed by atoms with Crippen molar-refractivity contribution in [2.45, 2.75) is 6.17 Å². The van der Waals surface area contributed by atoms with Crippen LogP contribution in [0.3, 0.4) is 0 Å². The minimum Gasteiger partial charge on any atom is -0.369 e. The Morgan fingerprint density at radius 1 is 1.00 bits per heavy atom. The van der Waals surface area contributed by atoms with E-state index in [1.807, 2.05) is 48.5 Å². The molecule has 0 amide bonds. The van der Waals surface area contributed by atoms with Crippen molar-refractivity contribution < 1.29 is 0 Å². The Bertz CT molecular complexity index is 711. The molecule has 21 heavy (non-hydrogen) atoms. The lowest BCUT2D eigenvalue weighted by Gasteiger charge is -2.32. The largest absolute Gasteiger partial charge is 0.369 e. The van der Waals surface area contributed by atoms with E-state index in [-0.39, 0.29) is 12.1 Å². The average molecular weight is 300 g/mol. The molecule has 0 aromatic heterocycles. The van der Waals surface area contributed by atoms with Crippen LogP contribution in [-0.2, 0) is 0 Å². The maximum absolute atomic E-state index is 6.07. The monoisotopic (exact) mass is 299 g/mol. The molecule has 2 aromatic rings. The summed E-state index contributed by atoms with van der Waals surface area (Å²) in [6.07, 6.45) is -0.359. The lowest BCUT2D eigenvalue weighted by molar-refractivity contribution is 0.736. The molecule has 1 heterocycles. The molecule has 106 valence electrons. The highest BCUT2D eigenvalue weighted by Crippen LogP contribution is 2.31. The summed E-state index contributed by atoms with van der Waals surface area (Å²) in [5, 5.41) is 0.620. The normalized spacial score (nSPS) is 18.1. The van der Waals surface area contributed by atoms with Crippen molar-refractivity contribution in [3.8, 4) is 0 Å². The number of aliphatic imine (C=N–C) groups is 2. The fraction of sp³-hybridized carbons (Fsp3) is 0.0667. The van der Waals surface area contributed by atoms with Crippen molar-refractivity contribution in [1.82, 2.24) is 0 Å². The molecule has 0 fully saturated rings. The van der Waals surface area contributed by atoms with E-state index in [0.717, 1.165) is 11.3 Å². The van der Waals surface area contributed by atoms with Crippen molar-refractivity contribution in [1.29, 1.82) is 0 Å². The zero-order valence-corrected chi connectivity index (χ0v) is 11.9. The lowest BCUT2D eigenvalue weighted by Crippen LogP contribution is -2.44. The van der Waals surface area contributed by atoms with Gasteiger partial charge in [-0.3, -0.25) is 4.90 Å². The Hall–Kier alpha value is -2.53. The summed E-state index contributed by atoms with van der Waals surface area (Å²) < 4.78 is 0. The molecule has 6 heteroatoms. The first-order valence-electron chi connectivity index (χ1n) is 6.42. The van der Waals surface area contributed by atoms with Crippen LogP contribution in [0.25, 0.3) is 0 Å².